The first kappa shape index (κ1) is 24.4. The van der Waals surface area contributed by atoms with Crippen LogP contribution in [0.25, 0.3) is 0 Å². The van der Waals surface area contributed by atoms with Crippen LogP contribution in [0.15, 0.2) is 24.3 Å². The van der Waals surface area contributed by atoms with Gasteiger partial charge in [0.15, 0.2) is 0 Å². The van der Waals surface area contributed by atoms with Gasteiger partial charge >= 0.3 is 0 Å². The Labute approximate surface area is 172 Å². The summed E-state index contributed by atoms with van der Waals surface area (Å²) >= 11 is 0. The number of phenols is 1. The predicted octanol–water partition coefficient (Wildman–Crippen LogP) is 0.824. The highest BCUT2D eigenvalue weighted by Gasteiger charge is 2.31. The Hall–Kier alpha value is -2.61. The molecule has 0 saturated heterocycles. The molecule has 29 heavy (non-hydrogen) atoms. The van der Waals surface area contributed by atoms with Crippen molar-refractivity contribution in [1.29, 1.82) is 0 Å². The fraction of sp³-hybridized carbons (Fsp3) is 0.571. The average molecular weight is 407 g/mol. The van der Waals surface area contributed by atoms with Crippen molar-refractivity contribution in [2.45, 2.75) is 65.1 Å². The standard InChI is InChI=1S/C21H34N4O4/c1-13(2)10-14(3)24-18(27)12-23-20(29)21(4,5)25-19(28)17(22)11-15-6-8-16(26)9-7-15/h6-9,13-14,17,26H,10-12,22H2,1-5H3,(H,23,29)(H,24,27)(H,25,28)/t14?,17-/m0/s1. The molecular formula is C21H34N4O4. The highest BCUT2D eigenvalue weighted by molar-refractivity contribution is 5.94. The van der Waals surface area contributed by atoms with Gasteiger partial charge in [0.05, 0.1) is 12.6 Å². The molecule has 0 aliphatic carbocycles. The molecule has 1 unspecified atom stereocenters. The van der Waals surface area contributed by atoms with Gasteiger partial charge in [-0.05, 0) is 57.2 Å². The number of carbonyl (C=O) groups excluding carboxylic acids is 3. The van der Waals surface area contributed by atoms with Crippen LogP contribution >= 0.6 is 0 Å². The van der Waals surface area contributed by atoms with E-state index in [1.165, 1.54) is 12.1 Å². The van der Waals surface area contributed by atoms with Crippen LogP contribution in [0.5, 0.6) is 5.75 Å². The number of carbonyl (C=O) groups is 3. The van der Waals surface area contributed by atoms with Crippen molar-refractivity contribution in [3.63, 3.8) is 0 Å². The number of hydrogen-bond acceptors (Lipinski definition) is 5. The Kier molecular flexibility index (Phi) is 9.10. The summed E-state index contributed by atoms with van der Waals surface area (Å²) in [7, 11) is 0. The van der Waals surface area contributed by atoms with Crippen molar-refractivity contribution >= 4 is 17.7 Å². The Morgan fingerprint density at radius 1 is 1.10 bits per heavy atom. The first-order valence-corrected chi connectivity index (χ1v) is 9.84. The van der Waals surface area contributed by atoms with Gasteiger partial charge in [-0.25, -0.2) is 0 Å². The summed E-state index contributed by atoms with van der Waals surface area (Å²) in [6.07, 6.45) is 1.11. The Morgan fingerprint density at radius 2 is 1.69 bits per heavy atom. The van der Waals surface area contributed by atoms with Crippen LogP contribution in [-0.2, 0) is 20.8 Å². The molecule has 0 aliphatic rings. The van der Waals surface area contributed by atoms with E-state index >= 15 is 0 Å². The largest absolute Gasteiger partial charge is 0.508 e. The minimum atomic E-state index is -1.23. The summed E-state index contributed by atoms with van der Waals surface area (Å²) in [6.45, 7) is 8.99. The normalized spacial score (nSPS) is 13.5. The van der Waals surface area contributed by atoms with E-state index in [0.29, 0.717) is 5.92 Å². The lowest BCUT2D eigenvalue weighted by molar-refractivity contribution is -0.134. The molecule has 0 radical (unpaired) electrons. The second kappa shape index (κ2) is 10.8. The first-order chi connectivity index (χ1) is 13.4. The zero-order chi connectivity index (χ0) is 22.2. The number of nitrogens with one attached hydrogen (secondary N) is 3. The lowest BCUT2D eigenvalue weighted by Crippen LogP contribution is -2.59. The second-order valence-corrected chi connectivity index (χ2v) is 8.37. The van der Waals surface area contributed by atoms with Gasteiger partial charge in [0.1, 0.15) is 11.3 Å². The number of hydrogen-bond donors (Lipinski definition) is 5. The topological polar surface area (TPSA) is 134 Å². The van der Waals surface area contributed by atoms with Crippen molar-refractivity contribution in [3.8, 4) is 5.75 Å². The summed E-state index contributed by atoms with van der Waals surface area (Å²) in [5.41, 5.74) is 5.50. The van der Waals surface area contributed by atoms with Gasteiger partial charge in [0, 0.05) is 6.04 Å². The van der Waals surface area contributed by atoms with E-state index in [4.69, 9.17) is 5.73 Å². The van der Waals surface area contributed by atoms with Crippen LogP contribution in [0.4, 0.5) is 0 Å². The van der Waals surface area contributed by atoms with Gasteiger partial charge in [0.2, 0.25) is 17.7 Å². The summed E-state index contributed by atoms with van der Waals surface area (Å²) in [5.74, 6) is -0.646. The highest BCUT2D eigenvalue weighted by atomic mass is 16.3. The van der Waals surface area contributed by atoms with Gasteiger partial charge in [-0.3, -0.25) is 14.4 Å². The zero-order valence-corrected chi connectivity index (χ0v) is 17.9. The third kappa shape index (κ3) is 8.95. The minimum Gasteiger partial charge on any atom is -0.508 e. The fourth-order valence-corrected chi connectivity index (χ4v) is 2.91. The van der Waals surface area contributed by atoms with Crippen molar-refractivity contribution in [3.05, 3.63) is 29.8 Å². The van der Waals surface area contributed by atoms with Crippen molar-refractivity contribution in [1.82, 2.24) is 16.0 Å². The molecule has 0 saturated carbocycles. The Morgan fingerprint density at radius 3 is 2.24 bits per heavy atom. The Balaban J connectivity index is 2.50. The van der Waals surface area contributed by atoms with E-state index < -0.39 is 23.4 Å². The third-order valence-electron chi connectivity index (χ3n) is 4.37. The lowest BCUT2D eigenvalue weighted by Gasteiger charge is -2.27. The van der Waals surface area contributed by atoms with Crippen molar-refractivity contribution in [2.75, 3.05) is 6.54 Å². The average Bonchev–Trinajstić information content (AvgIpc) is 2.60. The van der Waals surface area contributed by atoms with Crippen LogP contribution in [0.2, 0.25) is 0 Å². The third-order valence-corrected chi connectivity index (χ3v) is 4.37. The molecule has 0 fully saturated rings. The van der Waals surface area contributed by atoms with Crippen molar-refractivity contribution in [2.24, 2.45) is 11.7 Å². The number of aromatic hydroxyl groups is 1. The van der Waals surface area contributed by atoms with Crippen LogP contribution in [0.3, 0.4) is 0 Å². The zero-order valence-electron chi connectivity index (χ0n) is 17.9. The minimum absolute atomic E-state index is 0.0185. The fourth-order valence-electron chi connectivity index (χ4n) is 2.91. The maximum absolute atomic E-state index is 12.4. The summed E-state index contributed by atoms with van der Waals surface area (Å²) in [4.78, 5) is 36.8. The van der Waals surface area contributed by atoms with Gasteiger partial charge in [-0.2, -0.15) is 0 Å². The van der Waals surface area contributed by atoms with Crippen LogP contribution < -0.4 is 21.7 Å². The molecular weight excluding hydrogens is 372 g/mol. The van der Waals surface area contributed by atoms with E-state index in [9.17, 15) is 19.5 Å². The number of nitrogens with two attached hydrogens (primary N) is 1. The number of phenolic OH excluding ortho intramolecular Hbond substituents is 1. The van der Waals surface area contributed by atoms with Crippen LogP contribution in [-0.4, -0.2) is 47.0 Å². The van der Waals surface area contributed by atoms with Gasteiger partial charge in [-0.15, -0.1) is 0 Å². The number of benzene rings is 1. The first-order valence-electron chi connectivity index (χ1n) is 9.84. The number of rotatable bonds is 10. The van der Waals surface area contributed by atoms with E-state index in [-0.39, 0.29) is 30.7 Å². The molecule has 1 rings (SSSR count). The molecule has 2 atom stereocenters. The maximum atomic E-state index is 12.4. The molecule has 1 aromatic carbocycles. The summed E-state index contributed by atoms with van der Waals surface area (Å²) in [6, 6.07) is 5.56. The lowest BCUT2D eigenvalue weighted by atomic mass is 10.0. The van der Waals surface area contributed by atoms with Crippen LogP contribution in [0, 0.1) is 5.92 Å². The van der Waals surface area contributed by atoms with Crippen LogP contribution in [0.1, 0.15) is 46.6 Å². The van der Waals surface area contributed by atoms with E-state index in [2.05, 4.69) is 29.8 Å². The van der Waals surface area contributed by atoms with Gasteiger partial charge in [-0.1, -0.05) is 26.0 Å². The molecule has 0 heterocycles. The highest BCUT2D eigenvalue weighted by Crippen LogP contribution is 2.11. The molecule has 8 nitrogen and oxygen atoms in total. The van der Waals surface area contributed by atoms with E-state index in [1.807, 2.05) is 6.92 Å². The maximum Gasteiger partial charge on any atom is 0.245 e. The molecule has 0 aromatic heterocycles. The predicted molar refractivity (Wildman–Crippen MR) is 112 cm³/mol. The monoisotopic (exact) mass is 406 g/mol. The van der Waals surface area contributed by atoms with Gasteiger partial charge < -0.3 is 26.8 Å². The number of amides is 3. The molecule has 0 aliphatic heterocycles. The van der Waals surface area contributed by atoms with Crippen molar-refractivity contribution < 1.29 is 19.5 Å². The molecule has 1 aromatic rings. The molecule has 6 N–H and O–H groups in total. The smallest absolute Gasteiger partial charge is 0.245 e. The van der Waals surface area contributed by atoms with E-state index in [0.717, 1.165) is 12.0 Å². The molecule has 3 amide bonds. The molecule has 162 valence electrons. The quantitative estimate of drug-likeness (QED) is 0.392. The summed E-state index contributed by atoms with van der Waals surface area (Å²) < 4.78 is 0. The Bertz CT molecular complexity index is 701. The molecule has 8 heteroatoms. The molecule has 0 bridgehead atoms. The SMILES string of the molecule is CC(C)CC(C)NC(=O)CNC(=O)C(C)(C)NC(=O)[C@@H](N)Cc1ccc(O)cc1. The van der Waals surface area contributed by atoms with E-state index in [1.54, 1.807) is 26.0 Å². The summed E-state index contributed by atoms with van der Waals surface area (Å²) in [5, 5.41) is 17.3. The second-order valence-electron chi connectivity index (χ2n) is 8.37. The molecule has 0 spiro atoms. The van der Waals surface area contributed by atoms with Gasteiger partial charge in [0.25, 0.3) is 0 Å².